The van der Waals surface area contributed by atoms with Crippen LogP contribution in [0.2, 0.25) is 0 Å². The maximum Gasteiger partial charge on any atom is 0.336 e. The van der Waals surface area contributed by atoms with Crippen LogP contribution in [0, 0.1) is 6.92 Å². The predicted molar refractivity (Wildman–Crippen MR) is 74.9 cm³/mol. The van der Waals surface area contributed by atoms with Crippen molar-refractivity contribution in [1.29, 1.82) is 0 Å². The number of ether oxygens (including phenoxy) is 3. The van der Waals surface area contributed by atoms with Crippen molar-refractivity contribution in [2.75, 3.05) is 40.0 Å². The Labute approximate surface area is 119 Å². The van der Waals surface area contributed by atoms with Gasteiger partial charge in [0.05, 0.1) is 13.7 Å². The fourth-order valence-corrected chi connectivity index (χ4v) is 2.18. The van der Waals surface area contributed by atoms with Gasteiger partial charge in [-0.25, -0.2) is 4.79 Å². The first-order valence-corrected chi connectivity index (χ1v) is 6.80. The maximum absolute atomic E-state index is 11.4. The molecule has 0 amide bonds. The Morgan fingerprint density at radius 1 is 1.50 bits per heavy atom. The van der Waals surface area contributed by atoms with Crippen LogP contribution in [0.25, 0.3) is 0 Å². The van der Waals surface area contributed by atoms with E-state index in [-0.39, 0.29) is 5.97 Å². The Kier molecular flexibility index (Phi) is 5.38. The average molecular weight is 279 g/mol. The summed E-state index contributed by atoms with van der Waals surface area (Å²) in [6.45, 7) is 5.32. The molecule has 1 aromatic rings. The number of esters is 1. The molecule has 1 aliphatic rings. The second-order valence-electron chi connectivity index (χ2n) is 4.85. The summed E-state index contributed by atoms with van der Waals surface area (Å²) in [4.78, 5) is 13.6. The van der Waals surface area contributed by atoms with E-state index in [0.29, 0.717) is 19.8 Å². The van der Waals surface area contributed by atoms with Gasteiger partial charge in [-0.1, -0.05) is 12.1 Å². The Balaban J connectivity index is 1.75. The van der Waals surface area contributed by atoms with E-state index in [0.717, 1.165) is 18.8 Å². The van der Waals surface area contributed by atoms with Crippen LogP contribution >= 0.6 is 0 Å². The lowest BCUT2D eigenvalue weighted by molar-refractivity contribution is -0.159. The molecule has 0 aliphatic carbocycles. The minimum Gasteiger partial charge on any atom is -0.492 e. The lowest BCUT2D eigenvalue weighted by Crippen LogP contribution is -2.47. The summed E-state index contributed by atoms with van der Waals surface area (Å²) in [5.41, 5.74) is 1.18. The van der Waals surface area contributed by atoms with Crippen molar-refractivity contribution < 1.29 is 19.0 Å². The fraction of sp³-hybridized carbons (Fsp3) is 0.533. The lowest BCUT2D eigenvalue weighted by atomic mass is 10.2. The summed E-state index contributed by atoms with van der Waals surface area (Å²) in [6.07, 6.45) is -0.479. The molecule has 1 heterocycles. The van der Waals surface area contributed by atoms with Crippen molar-refractivity contribution in [2.45, 2.75) is 13.0 Å². The molecule has 5 heteroatoms. The van der Waals surface area contributed by atoms with Gasteiger partial charge in [-0.3, -0.25) is 4.90 Å². The number of methoxy groups -OCH3 is 1. The van der Waals surface area contributed by atoms with Gasteiger partial charge in [-0.2, -0.15) is 0 Å². The second-order valence-corrected chi connectivity index (χ2v) is 4.85. The van der Waals surface area contributed by atoms with Gasteiger partial charge in [0, 0.05) is 19.6 Å². The zero-order valence-electron chi connectivity index (χ0n) is 12.0. The predicted octanol–water partition coefficient (Wildman–Crippen LogP) is 1.25. The van der Waals surface area contributed by atoms with Crippen molar-refractivity contribution in [3.63, 3.8) is 0 Å². The quantitative estimate of drug-likeness (QED) is 0.759. The second kappa shape index (κ2) is 7.26. The number of carbonyl (C=O) groups excluding carboxylic acids is 1. The highest BCUT2D eigenvalue weighted by Gasteiger charge is 2.26. The number of hydrogen-bond donors (Lipinski definition) is 0. The van der Waals surface area contributed by atoms with Crippen molar-refractivity contribution >= 4 is 5.97 Å². The highest BCUT2D eigenvalue weighted by atomic mass is 16.6. The van der Waals surface area contributed by atoms with E-state index in [9.17, 15) is 4.79 Å². The van der Waals surface area contributed by atoms with Crippen LogP contribution in [0.1, 0.15) is 5.56 Å². The third-order valence-electron chi connectivity index (χ3n) is 3.28. The van der Waals surface area contributed by atoms with E-state index in [1.54, 1.807) is 0 Å². The van der Waals surface area contributed by atoms with Crippen molar-refractivity contribution in [1.82, 2.24) is 4.90 Å². The molecule has 0 N–H and O–H groups in total. The largest absolute Gasteiger partial charge is 0.492 e. The van der Waals surface area contributed by atoms with Crippen LogP contribution in [0.15, 0.2) is 24.3 Å². The van der Waals surface area contributed by atoms with Crippen LogP contribution in [-0.4, -0.2) is 56.9 Å². The Morgan fingerprint density at radius 2 is 2.35 bits per heavy atom. The fourth-order valence-electron chi connectivity index (χ4n) is 2.18. The number of hydrogen-bond acceptors (Lipinski definition) is 5. The Morgan fingerprint density at radius 3 is 3.10 bits per heavy atom. The summed E-state index contributed by atoms with van der Waals surface area (Å²) in [5, 5.41) is 0. The summed E-state index contributed by atoms with van der Waals surface area (Å²) in [6, 6.07) is 7.97. The van der Waals surface area contributed by atoms with Crippen LogP contribution in [-0.2, 0) is 14.3 Å². The molecule has 0 spiro atoms. The summed E-state index contributed by atoms with van der Waals surface area (Å²) in [5.74, 6) is 0.567. The highest BCUT2D eigenvalue weighted by molar-refractivity contribution is 5.74. The molecule has 1 unspecified atom stereocenters. The van der Waals surface area contributed by atoms with E-state index >= 15 is 0 Å². The minimum atomic E-state index is -0.479. The third-order valence-corrected chi connectivity index (χ3v) is 3.28. The zero-order valence-corrected chi connectivity index (χ0v) is 12.0. The summed E-state index contributed by atoms with van der Waals surface area (Å²) in [7, 11) is 1.38. The molecular formula is C15H21NO4. The zero-order chi connectivity index (χ0) is 14.4. The first-order valence-electron chi connectivity index (χ1n) is 6.80. The van der Waals surface area contributed by atoms with Gasteiger partial charge in [-0.05, 0) is 24.6 Å². The van der Waals surface area contributed by atoms with Gasteiger partial charge in [0.15, 0.2) is 6.10 Å². The van der Waals surface area contributed by atoms with Crippen molar-refractivity contribution in [2.24, 2.45) is 0 Å². The number of rotatable bonds is 5. The molecule has 2 rings (SSSR count). The standard InChI is InChI=1S/C15H21NO4/c1-12-4-3-5-13(10-12)19-8-6-16-7-9-20-14(11-16)15(17)18-2/h3-5,10,14H,6-9,11H2,1-2H3. The monoisotopic (exact) mass is 279 g/mol. The van der Waals surface area contributed by atoms with Crippen molar-refractivity contribution in [3.8, 4) is 5.75 Å². The first kappa shape index (κ1) is 14.8. The molecule has 1 fully saturated rings. The number of morpholine rings is 1. The molecule has 0 aromatic heterocycles. The van der Waals surface area contributed by atoms with Crippen LogP contribution < -0.4 is 4.74 Å². The molecular weight excluding hydrogens is 258 g/mol. The van der Waals surface area contributed by atoms with E-state index in [1.807, 2.05) is 31.2 Å². The lowest BCUT2D eigenvalue weighted by Gasteiger charge is -2.31. The molecule has 1 saturated heterocycles. The number of benzene rings is 1. The van der Waals surface area contributed by atoms with E-state index < -0.39 is 6.10 Å². The number of aryl methyl sites for hydroxylation is 1. The SMILES string of the molecule is COC(=O)C1CN(CCOc2cccc(C)c2)CCO1. The maximum atomic E-state index is 11.4. The van der Waals surface area contributed by atoms with E-state index in [4.69, 9.17) is 14.2 Å². The van der Waals surface area contributed by atoms with E-state index in [2.05, 4.69) is 4.90 Å². The topological polar surface area (TPSA) is 48.0 Å². The molecule has 0 radical (unpaired) electrons. The van der Waals surface area contributed by atoms with Gasteiger partial charge in [0.2, 0.25) is 0 Å². The van der Waals surface area contributed by atoms with Crippen molar-refractivity contribution in [3.05, 3.63) is 29.8 Å². The summed E-state index contributed by atoms with van der Waals surface area (Å²) < 4.78 is 15.8. The smallest absolute Gasteiger partial charge is 0.336 e. The van der Waals surface area contributed by atoms with Gasteiger partial charge in [0.25, 0.3) is 0 Å². The first-order chi connectivity index (χ1) is 9.69. The molecule has 1 aliphatic heterocycles. The van der Waals surface area contributed by atoms with Gasteiger partial charge >= 0.3 is 5.97 Å². The molecule has 0 bridgehead atoms. The molecule has 20 heavy (non-hydrogen) atoms. The Hall–Kier alpha value is -1.59. The Bertz CT molecular complexity index is 449. The van der Waals surface area contributed by atoms with Crippen LogP contribution in [0.4, 0.5) is 0 Å². The summed E-state index contributed by atoms with van der Waals surface area (Å²) >= 11 is 0. The minimum absolute atomic E-state index is 0.311. The third kappa shape index (κ3) is 4.21. The van der Waals surface area contributed by atoms with E-state index in [1.165, 1.54) is 12.7 Å². The molecule has 1 aromatic carbocycles. The number of carbonyl (C=O) groups is 1. The molecule has 1 atom stereocenters. The number of nitrogens with zero attached hydrogens (tertiary/aromatic N) is 1. The molecule has 0 saturated carbocycles. The van der Waals surface area contributed by atoms with Gasteiger partial charge < -0.3 is 14.2 Å². The average Bonchev–Trinajstić information content (AvgIpc) is 2.47. The normalized spacial score (nSPS) is 19.6. The highest BCUT2D eigenvalue weighted by Crippen LogP contribution is 2.12. The molecule has 110 valence electrons. The van der Waals surface area contributed by atoms with Gasteiger partial charge in [0.1, 0.15) is 12.4 Å². The molecule has 5 nitrogen and oxygen atoms in total. The van der Waals surface area contributed by atoms with Crippen LogP contribution in [0.3, 0.4) is 0 Å². The van der Waals surface area contributed by atoms with Crippen LogP contribution in [0.5, 0.6) is 5.75 Å². The van der Waals surface area contributed by atoms with Gasteiger partial charge in [-0.15, -0.1) is 0 Å².